The highest BCUT2D eigenvalue weighted by Gasteiger charge is 2.49. The smallest absolute Gasteiger partial charge is 0.321 e. The summed E-state index contributed by atoms with van der Waals surface area (Å²) in [5, 5.41) is 30.4. The number of carboxylic acid groups (broad SMARTS) is 1. The number of hydrogen-bond acceptors (Lipinski definition) is 8. The standard InChI is InChI=1S/C15H28N4O6S2/c1-7-12(11(6-20)8(2)21)19-13(15(22)23)14(7)26-10-3-9(17-5-10)4-18-27(16,24)25/h6-14,17-19,21H,3-5H2,1-2H3,(H,22,23)(H2,16,24,25)/t7-,8-,9+,10+,11-,12-,13?,14+/m1/s1. The lowest BCUT2D eigenvalue weighted by Gasteiger charge is -2.27. The van der Waals surface area contributed by atoms with Gasteiger partial charge in [-0.05, 0) is 19.3 Å². The van der Waals surface area contributed by atoms with E-state index in [0.29, 0.717) is 19.3 Å². The van der Waals surface area contributed by atoms with Crippen molar-refractivity contribution >= 4 is 34.2 Å². The predicted octanol–water partition coefficient (Wildman–Crippen LogP) is -2.13. The van der Waals surface area contributed by atoms with Gasteiger partial charge >= 0.3 is 5.97 Å². The van der Waals surface area contributed by atoms with Crippen molar-refractivity contribution < 1.29 is 28.2 Å². The number of carbonyl (C=O) groups excluding carboxylic acids is 1. The van der Waals surface area contributed by atoms with Crippen molar-refractivity contribution in [2.24, 2.45) is 17.0 Å². The Labute approximate surface area is 163 Å². The van der Waals surface area contributed by atoms with Gasteiger partial charge in [0, 0.05) is 35.7 Å². The number of nitrogens with two attached hydrogens (primary N) is 1. The quantitative estimate of drug-likeness (QED) is 0.226. The van der Waals surface area contributed by atoms with Crippen LogP contribution >= 0.6 is 11.8 Å². The molecule has 2 rings (SSSR count). The Bertz CT molecular complexity index is 646. The number of hydrogen-bond donors (Lipinski definition) is 6. The normalized spacial score (nSPS) is 36.4. The second kappa shape index (κ2) is 9.16. The van der Waals surface area contributed by atoms with Gasteiger partial charge in [-0.15, -0.1) is 0 Å². The van der Waals surface area contributed by atoms with Crippen molar-refractivity contribution in [3.63, 3.8) is 0 Å². The minimum absolute atomic E-state index is 0.0789. The Balaban J connectivity index is 2.01. The average Bonchev–Trinajstić information content (AvgIpc) is 3.12. The zero-order valence-corrected chi connectivity index (χ0v) is 16.9. The molecule has 2 saturated heterocycles. The van der Waals surface area contributed by atoms with Gasteiger partial charge in [0.1, 0.15) is 12.3 Å². The number of aliphatic hydroxyl groups is 1. The zero-order chi connectivity index (χ0) is 20.4. The molecule has 0 aliphatic carbocycles. The fourth-order valence-electron chi connectivity index (χ4n) is 3.82. The van der Waals surface area contributed by atoms with Crippen LogP contribution in [0.1, 0.15) is 20.3 Å². The zero-order valence-electron chi connectivity index (χ0n) is 15.2. The molecular formula is C15H28N4O6S2. The first-order valence-corrected chi connectivity index (χ1v) is 11.3. The topological polar surface area (TPSA) is 171 Å². The van der Waals surface area contributed by atoms with Crippen molar-refractivity contribution in [1.82, 2.24) is 15.4 Å². The molecule has 2 aliphatic rings. The molecule has 0 saturated carbocycles. The van der Waals surface area contributed by atoms with Crippen LogP contribution in [0.3, 0.4) is 0 Å². The maximum atomic E-state index is 11.7. The number of thioether (sulfide) groups is 1. The highest BCUT2D eigenvalue weighted by molar-refractivity contribution is 8.00. The third-order valence-corrected chi connectivity index (χ3v) is 7.57. The molecule has 0 amide bonds. The van der Waals surface area contributed by atoms with Crippen LogP contribution in [0, 0.1) is 11.8 Å². The number of rotatable bonds is 9. The Kier molecular flexibility index (Phi) is 7.64. The number of aliphatic carboxylic acids is 1. The summed E-state index contributed by atoms with van der Waals surface area (Å²) >= 11 is 1.53. The molecule has 2 aliphatic heterocycles. The van der Waals surface area contributed by atoms with Gasteiger partial charge in [0.25, 0.3) is 10.2 Å². The van der Waals surface area contributed by atoms with Gasteiger partial charge in [-0.25, -0.2) is 9.86 Å². The van der Waals surface area contributed by atoms with Crippen molar-refractivity contribution in [3.8, 4) is 0 Å². The first kappa shape index (κ1) is 22.5. The van der Waals surface area contributed by atoms with Gasteiger partial charge in [-0.2, -0.15) is 20.2 Å². The molecule has 1 unspecified atom stereocenters. The van der Waals surface area contributed by atoms with E-state index in [4.69, 9.17) is 5.14 Å². The third kappa shape index (κ3) is 5.86. The van der Waals surface area contributed by atoms with Crippen molar-refractivity contribution in [1.29, 1.82) is 0 Å². The van der Waals surface area contributed by atoms with E-state index in [1.165, 1.54) is 18.7 Å². The molecule has 0 aromatic carbocycles. The molecule has 10 nitrogen and oxygen atoms in total. The maximum Gasteiger partial charge on any atom is 0.321 e. The van der Waals surface area contributed by atoms with Gasteiger partial charge in [0.2, 0.25) is 0 Å². The van der Waals surface area contributed by atoms with Gasteiger partial charge in [0.05, 0.1) is 12.0 Å². The molecule has 12 heteroatoms. The van der Waals surface area contributed by atoms with Crippen LogP contribution in [0.5, 0.6) is 0 Å². The van der Waals surface area contributed by atoms with E-state index in [2.05, 4.69) is 15.4 Å². The average molecular weight is 425 g/mol. The Hall–Kier alpha value is -0.760. The summed E-state index contributed by atoms with van der Waals surface area (Å²) in [6, 6.07) is -1.32. The summed E-state index contributed by atoms with van der Waals surface area (Å²) in [5.41, 5.74) is 0. The van der Waals surface area contributed by atoms with E-state index in [-0.39, 0.29) is 29.0 Å². The first-order chi connectivity index (χ1) is 12.5. The lowest BCUT2D eigenvalue weighted by atomic mass is 9.88. The number of carboxylic acids is 1. The number of carbonyl (C=O) groups is 2. The maximum absolute atomic E-state index is 11.7. The number of nitrogens with one attached hydrogen (secondary N) is 3. The second-order valence-corrected chi connectivity index (χ2v) is 10.1. The minimum atomic E-state index is -3.75. The summed E-state index contributed by atoms with van der Waals surface area (Å²) in [4.78, 5) is 23.1. The molecule has 27 heavy (non-hydrogen) atoms. The van der Waals surface area contributed by atoms with Crippen LogP contribution < -0.4 is 20.5 Å². The molecule has 2 fully saturated rings. The number of aldehydes is 1. The third-order valence-electron chi connectivity index (χ3n) is 5.24. The Morgan fingerprint density at radius 2 is 2.15 bits per heavy atom. The van der Waals surface area contributed by atoms with E-state index < -0.39 is 40.3 Å². The molecule has 0 spiro atoms. The molecule has 0 aromatic rings. The van der Waals surface area contributed by atoms with Crippen LogP contribution in [-0.4, -0.2) is 78.7 Å². The Morgan fingerprint density at radius 1 is 1.48 bits per heavy atom. The van der Waals surface area contributed by atoms with Crippen molar-refractivity contribution in [2.45, 2.75) is 55.0 Å². The van der Waals surface area contributed by atoms with E-state index in [1.54, 1.807) is 0 Å². The lowest BCUT2D eigenvalue weighted by molar-refractivity contribution is -0.139. The Morgan fingerprint density at radius 3 is 2.67 bits per heavy atom. The lowest BCUT2D eigenvalue weighted by Crippen LogP contribution is -2.45. The van der Waals surface area contributed by atoms with Crippen LogP contribution in [0.2, 0.25) is 0 Å². The minimum Gasteiger partial charge on any atom is -0.480 e. The van der Waals surface area contributed by atoms with Gasteiger partial charge in [-0.3, -0.25) is 10.1 Å². The number of aliphatic hydroxyl groups excluding tert-OH is 1. The summed E-state index contributed by atoms with van der Waals surface area (Å²) in [6.07, 6.45) is 0.472. The van der Waals surface area contributed by atoms with E-state index in [1.807, 2.05) is 6.92 Å². The van der Waals surface area contributed by atoms with Gasteiger partial charge < -0.3 is 20.3 Å². The van der Waals surface area contributed by atoms with Gasteiger partial charge in [-0.1, -0.05) is 6.92 Å². The predicted molar refractivity (Wildman–Crippen MR) is 101 cm³/mol. The van der Waals surface area contributed by atoms with Crippen LogP contribution in [0.15, 0.2) is 0 Å². The summed E-state index contributed by atoms with van der Waals surface area (Å²) in [5.74, 6) is -1.81. The summed E-state index contributed by atoms with van der Waals surface area (Å²) in [7, 11) is -3.75. The molecule has 2 heterocycles. The van der Waals surface area contributed by atoms with E-state index in [9.17, 15) is 28.2 Å². The highest BCUT2D eigenvalue weighted by atomic mass is 32.2. The van der Waals surface area contributed by atoms with Gasteiger partial charge in [0.15, 0.2) is 0 Å². The van der Waals surface area contributed by atoms with Crippen LogP contribution in [-0.2, 0) is 19.8 Å². The fraction of sp³-hybridized carbons (Fsp3) is 0.867. The van der Waals surface area contributed by atoms with Crippen molar-refractivity contribution in [2.75, 3.05) is 13.1 Å². The summed E-state index contributed by atoms with van der Waals surface area (Å²) in [6.45, 7) is 4.21. The monoisotopic (exact) mass is 424 g/mol. The molecule has 156 valence electrons. The highest BCUT2D eigenvalue weighted by Crippen LogP contribution is 2.39. The molecule has 7 N–H and O–H groups in total. The molecular weight excluding hydrogens is 396 g/mol. The molecule has 0 radical (unpaired) electrons. The van der Waals surface area contributed by atoms with Crippen LogP contribution in [0.4, 0.5) is 0 Å². The molecule has 8 atom stereocenters. The largest absolute Gasteiger partial charge is 0.480 e. The van der Waals surface area contributed by atoms with E-state index >= 15 is 0 Å². The summed E-state index contributed by atoms with van der Waals surface area (Å²) < 4.78 is 24.3. The fourth-order valence-corrected chi connectivity index (χ4v) is 6.00. The van der Waals surface area contributed by atoms with Crippen molar-refractivity contribution in [3.05, 3.63) is 0 Å². The molecule has 0 bridgehead atoms. The molecule has 0 aromatic heterocycles. The SMILES string of the molecule is C[C@@H]1[C@H]([C@H](C=O)[C@@H](C)O)NC(C(=O)O)[C@H]1S[C@@H]1CN[C@H](CNS(N)(=O)=O)C1. The second-order valence-electron chi connectivity index (χ2n) is 7.28. The van der Waals surface area contributed by atoms with E-state index in [0.717, 1.165) is 0 Å². The first-order valence-electron chi connectivity index (χ1n) is 8.82. The van der Waals surface area contributed by atoms with Crippen LogP contribution in [0.25, 0.3) is 0 Å².